The van der Waals surface area contributed by atoms with Gasteiger partial charge in [-0.1, -0.05) is 12.8 Å². The van der Waals surface area contributed by atoms with Crippen LogP contribution in [0, 0.1) is 5.92 Å². The van der Waals surface area contributed by atoms with Crippen LogP contribution < -0.4 is 0 Å². The first-order chi connectivity index (χ1) is 11.3. The van der Waals surface area contributed by atoms with Crippen LogP contribution in [0.3, 0.4) is 0 Å². The third-order valence-electron chi connectivity index (χ3n) is 5.27. The Morgan fingerprint density at radius 3 is 2.87 bits per heavy atom. The molecule has 2 aromatic heterocycles. The largest absolute Gasteiger partial charge is 0.335 e. The molecule has 0 N–H and O–H groups in total. The first-order valence-corrected chi connectivity index (χ1v) is 8.58. The van der Waals surface area contributed by atoms with E-state index < -0.39 is 0 Å². The first kappa shape index (κ1) is 14.4. The molecule has 4 rings (SSSR count). The molecular formula is C18H22N4O. The molecule has 0 radical (unpaired) electrons. The van der Waals surface area contributed by atoms with Crippen LogP contribution in [-0.2, 0) is 0 Å². The third kappa shape index (κ3) is 2.76. The number of rotatable bonds is 2. The van der Waals surface area contributed by atoms with Crippen LogP contribution in [0.4, 0.5) is 0 Å². The zero-order chi connectivity index (χ0) is 15.6. The van der Waals surface area contributed by atoms with Crippen molar-refractivity contribution < 1.29 is 4.79 Å². The Balaban J connectivity index is 1.60. The Bertz CT molecular complexity index is 680. The van der Waals surface area contributed by atoms with E-state index in [0.29, 0.717) is 12.0 Å². The van der Waals surface area contributed by atoms with Gasteiger partial charge in [-0.3, -0.25) is 9.36 Å². The average Bonchev–Trinajstić information content (AvgIpc) is 3.15. The summed E-state index contributed by atoms with van der Waals surface area (Å²) in [5.41, 5.74) is 0.731. The molecular weight excluding hydrogens is 288 g/mol. The quantitative estimate of drug-likeness (QED) is 0.856. The molecule has 1 aliphatic heterocycles. The summed E-state index contributed by atoms with van der Waals surface area (Å²) in [6, 6.07) is 4.14. The van der Waals surface area contributed by atoms with Gasteiger partial charge in [-0.25, -0.2) is 9.97 Å². The van der Waals surface area contributed by atoms with Crippen LogP contribution in [0.2, 0.25) is 0 Å². The van der Waals surface area contributed by atoms with Gasteiger partial charge in [0.15, 0.2) is 0 Å². The number of likely N-dealkylation sites (tertiary alicyclic amines) is 1. The Labute approximate surface area is 136 Å². The van der Waals surface area contributed by atoms with Crippen LogP contribution in [0.25, 0.3) is 5.82 Å². The monoisotopic (exact) mass is 310 g/mol. The second-order valence-corrected chi connectivity index (χ2v) is 6.63. The molecule has 1 saturated heterocycles. The molecule has 5 heteroatoms. The highest BCUT2D eigenvalue weighted by atomic mass is 16.2. The molecule has 0 unspecified atom stereocenters. The van der Waals surface area contributed by atoms with E-state index in [0.717, 1.165) is 30.8 Å². The van der Waals surface area contributed by atoms with Gasteiger partial charge in [-0.2, -0.15) is 0 Å². The Hall–Kier alpha value is -2.17. The number of hydrogen-bond acceptors (Lipinski definition) is 3. The van der Waals surface area contributed by atoms with Gasteiger partial charge >= 0.3 is 0 Å². The minimum Gasteiger partial charge on any atom is -0.335 e. The number of carbonyl (C=O) groups is 1. The van der Waals surface area contributed by atoms with Gasteiger partial charge in [0, 0.05) is 36.7 Å². The van der Waals surface area contributed by atoms with Crippen LogP contribution >= 0.6 is 0 Å². The predicted molar refractivity (Wildman–Crippen MR) is 87.4 cm³/mol. The normalized spacial score (nSPS) is 24.3. The smallest absolute Gasteiger partial charge is 0.254 e. The van der Waals surface area contributed by atoms with E-state index in [1.165, 1.54) is 25.7 Å². The van der Waals surface area contributed by atoms with Crippen molar-refractivity contribution in [2.45, 2.75) is 44.6 Å². The van der Waals surface area contributed by atoms with E-state index in [1.54, 1.807) is 18.7 Å². The fourth-order valence-electron chi connectivity index (χ4n) is 4.13. The Morgan fingerprint density at radius 2 is 2.00 bits per heavy atom. The highest BCUT2D eigenvalue weighted by Gasteiger charge is 2.36. The molecule has 1 saturated carbocycles. The number of piperidine rings is 1. The summed E-state index contributed by atoms with van der Waals surface area (Å²) in [6.07, 6.45) is 14.4. The van der Waals surface area contributed by atoms with Crippen molar-refractivity contribution >= 4 is 5.91 Å². The van der Waals surface area contributed by atoms with Crippen molar-refractivity contribution in [3.05, 3.63) is 42.6 Å². The minimum absolute atomic E-state index is 0.158. The highest BCUT2D eigenvalue weighted by Crippen LogP contribution is 2.35. The lowest BCUT2D eigenvalue weighted by Crippen LogP contribution is -2.49. The van der Waals surface area contributed by atoms with Gasteiger partial charge in [0.05, 0.1) is 0 Å². The maximum Gasteiger partial charge on any atom is 0.254 e. The fourth-order valence-corrected chi connectivity index (χ4v) is 4.13. The van der Waals surface area contributed by atoms with Gasteiger partial charge < -0.3 is 4.90 Å². The number of pyridine rings is 1. The summed E-state index contributed by atoms with van der Waals surface area (Å²) >= 11 is 0. The number of aromatic nitrogens is 3. The zero-order valence-electron chi connectivity index (χ0n) is 13.3. The van der Waals surface area contributed by atoms with Crippen LogP contribution in [0.1, 0.15) is 48.9 Å². The number of imidazole rings is 1. The highest BCUT2D eigenvalue weighted by molar-refractivity contribution is 5.94. The standard InChI is InChI=1S/C18H22N4O/c23-18(22-10-3-5-14-4-1-2-6-16(14)22)15-7-8-20-17(12-15)21-11-9-19-13-21/h7-9,11-14,16H,1-6,10H2/t14-,16-/m1/s1. The number of amides is 1. The molecule has 0 bridgehead atoms. The van der Waals surface area contributed by atoms with Crippen molar-refractivity contribution in [3.63, 3.8) is 0 Å². The van der Waals surface area contributed by atoms with Gasteiger partial charge in [0.2, 0.25) is 0 Å². The second kappa shape index (κ2) is 6.14. The van der Waals surface area contributed by atoms with Crippen molar-refractivity contribution in [1.29, 1.82) is 0 Å². The molecule has 5 nitrogen and oxygen atoms in total. The topological polar surface area (TPSA) is 51.0 Å². The predicted octanol–water partition coefficient (Wildman–Crippen LogP) is 3.06. The molecule has 1 amide bonds. The van der Waals surface area contributed by atoms with E-state index in [1.807, 2.05) is 22.9 Å². The summed E-state index contributed by atoms with van der Waals surface area (Å²) in [5, 5.41) is 0. The summed E-state index contributed by atoms with van der Waals surface area (Å²) < 4.78 is 1.83. The SMILES string of the molecule is O=C(c1ccnc(-n2ccnc2)c1)N1CCC[C@H]2CCCC[C@H]21. The van der Waals surface area contributed by atoms with Crippen LogP contribution in [-0.4, -0.2) is 37.9 Å². The molecule has 2 aliphatic rings. The number of carbonyl (C=O) groups excluding carboxylic acids is 1. The van der Waals surface area contributed by atoms with Crippen LogP contribution in [0.15, 0.2) is 37.1 Å². The minimum atomic E-state index is 0.158. The fraction of sp³-hybridized carbons (Fsp3) is 0.500. The number of fused-ring (bicyclic) bond motifs is 1. The maximum absolute atomic E-state index is 13.0. The Morgan fingerprint density at radius 1 is 1.13 bits per heavy atom. The summed E-state index contributed by atoms with van der Waals surface area (Å²) in [7, 11) is 0. The average molecular weight is 310 g/mol. The maximum atomic E-state index is 13.0. The third-order valence-corrected chi connectivity index (χ3v) is 5.27. The summed E-state index contributed by atoms with van der Waals surface area (Å²) in [6.45, 7) is 0.892. The van der Waals surface area contributed by atoms with Crippen molar-refractivity contribution in [3.8, 4) is 5.82 Å². The van der Waals surface area contributed by atoms with Crippen molar-refractivity contribution in [1.82, 2.24) is 19.4 Å². The molecule has 2 aromatic rings. The van der Waals surface area contributed by atoms with Gasteiger partial charge in [0.25, 0.3) is 5.91 Å². The molecule has 0 spiro atoms. The lowest BCUT2D eigenvalue weighted by Gasteiger charge is -2.44. The molecule has 23 heavy (non-hydrogen) atoms. The molecule has 120 valence electrons. The molecule has 3 heterocycles. The number of hydrogen-bond donors (Lipinski definition) is 0. The molecule has 2 atom stereocenters. The van der Waals surface area contributed by atoms with E-state index in [4.69, 9.17) is 0 Å². The van der Waals surface area contributed by atoms with Crippen LogP contribution in [0.5, 0.6) is 0 Å². The van der Waals surface area contributed by atoms with E-state index in [-0.39, 0.29) is 5.91 Å². The van der Waals surface area contributed by atoms with Gasteiger partial charge in [-0.15, -0.1) is 0 Å². The van der Waals surface area contributed by atoms with E-state index in [9.17, 15) is 4.79 Å². The van der Waals surface area contributed by atoms with E-state index >= 15 is 0 Å². The van der Waals surface area contributed by atoms with Crippen molar-refractivity contribution in [2.75, 3.05) is 6.54 Å². The lowest BCUT2D eigenvalue weighted by molar-refractivity contribution is 0.0390. The molecule has 2 fully saturated rings. The van der Waals surface area contributed by atoms with Gasteiger partial charge in [-0.05, 0) is 43.7 Å². The Kier molecular flexibility index (Phi) is 3.85. The summed E-state index contributed by atoms with van der Waals surface area (Å²) in [5.74, 6) is 1.60. The first-order valence-electron chi connectivity index (χ1n) is 8.58. The zero-order valence-corrected chi connectivity index (χ0v) is 13.3. The summed E-state index contributed by atoms with van der Waals surface area (Å²) in [4.78, 5) is 23.6. The van der Waals surface area contributed by atoms with Gasteiger partial charge in [0.1, 0.15) is 12.1 Å². The lowest BCUT2D eigenvalue weighted by atomic mass is 9.78. The second-order valence-electron chi connectivity index (χ2n) is 6.63. The molecule has 1 aliphatic carbocycles. The molecule has 0 aromatic carbocycles. The number of nitrogens with zero attached hydrogens (tertiary/aromatic N) is 4. The van der Waals surface area contributed by atoms with Crippen molar-refractivity contribution in [2.24, 2.45) is 5.92 Å². The van der Waals surface area contributed by atoms with E-state index in [2.05, 4.69) is 14.9 Å².